The van der Waals surface area contributed by atoms with Gasteiger partial charge < -0.3 is 0 Å². The highest BCUT2D eigenvalue weighted by molar-refractivity contribution is 6.32. The summed E-state index contributed by atoms with van der Waals surface area (Å²) >= 11 is 5.72. The third kappa shape index (κ3) is 4.33. The van der Waals surface area contributed by atoms with E-state index in [4.69, 9.17) is 11.6 Å². The zero-order valence-corrected chi connectivity index (χ0v) is 15.1. The fourth-order valence-electron chi connectivity index (χ4n) is 2.50. The van der Waals surface area contributed by atoms with Crippen molar-refractivity contribution in [3.05, 3.63) is 99.1 Å². The number of carbonyl (C=O) groups excluding carboxylic acids is 2. The first-order chi connectivity index (χ1) is 13.5. The van der Waals surface area contributed by atoms with E-state index in [-0.39, 0.29) is 10.6 Å². The van der Waals surface area contributed by atoms with E-state index in [0.29, 0.717) is 5.56 Å². The minimum atomic E-state index is -0.700. The maximum Gasteiger partial charge on any atom is 0.288 e. The maximum atomic E-state index is 12.2. The van der Waals surface area contributed by atoms with Crippen molar-refractivity contribution in [3.63, 3.8) is 0 Å². The molecule has 0 unspecified atom stereocenters. The molecule has 2 N–H and O–H groups in total. The Hall–Kier alpha value is -3.71. The Morgan fingerprint density at radius 3 is 1.93 bits per heavy atom. The Morgan fingerprint density at radius 2 is 1.32 bits per heavy atom. The van der Waals surface area contributed by atoms with Gasteiger partial charge in [0.15, 0.2) is 0 Å². The van der Waals surface area contributed by atoms with E-state index in [0.717, 1.165) is 17.2 Å². The Morgan fingerprint density at radius 1 is 0.786 bits per heavy atom. The number of nitro groups is 1. The summed E-state index contributed by atoms with van der Waals surface area (Å²) < 4.78 is 0. The number of halogens is 1. The van der Waals surface area contributed by atoms with E-state index < -0.39 is 22.4 Å². The molecule has 0 heterocycles. The summed E-state index contributed by atoms with van der Waals surface area (Å²) in [6, 6.07) is 20.2. The highest BCUT2D eigenvalue weighted by Crippen LogP contribution is 2.25. The molecule has 0 saturated carbocycles. The summed E-state index contributed by atoms with van der Waals surface area (Å²) in [5.41, 5.74) is 6.43. The summed E-state index contributed by atoms with van der Waals surface area (Å²) in [5.74, 6) is -1.22. The molecule has 3 aromatic rings. The molecular formula is C20H14ClN3O4. The van der Waals surface area contributed by atoms with Gasteiger partial charge in [-0.05, 0) is 35.4 Å². The number of amides is 2. The van der Waals surface area contributed by atoms with E-state index in [9.17, 15) is 19.7 Å². The molecule has 8 heteroatoms. The molecular weight excluding hydrogens is 382 g/mol. The molecule has 0 fully saturated rings. The number of hydrazine groups is 1. The lowest BCUT2D eigenvalue weighted by atomic mass is 10.0. The first-order valence-corrected chi connectivity index (χ1v) is 8.53. The van der Waals surface area contributed by atoms with Gasteiger partial charge in [-0.25, -0.2) is 0 Å². The van der Waals surface area contributed by atoms with Crippen LogP contribution < -0.4 is 10.9 Å². The molecule has 0 atom stereocenters. The fraction of sp³-hybridized carbons (Fsp3) is 0. The summed E-state index contributed by atoms with van der Waals surface area (Å²) in [4.78, 5) is 34.5. The predicted molar refractivity (Wildman–Crippen MR) is 105 cm³/mol. The van der Waals surface area contributed by atoms with Crippen LogP contribution in [0.15, 0.2) is 72.8 Å². The molecule has 0 aliphatic carbocycles. The SMILES string of the molecule is O=C(NNC(=O)c1ccc(Cl)c([N+](=O)[O-])c1)c1ccc(-c2ccccc2)cc1. The van der Waals surface area contributed by atoms with Gasteiger partial charge >= 0.3 is 0 Å². The summed E-state index contributed by atoms with van der Waals surface area (Å²) in [5, 5.41) is 10.8. The molecule has 7 nitrogen and oxygen atoms in total. The molecule has 2 amide bonds. The quantitative estimate of drug-likeness (QED) is 0.515. The smallest absolute Gasteiger partial charge is 0.267 e. The van der Waals surface area contributed by atoms with E-state index in [1.165, 1.54) is 12.1 Å². The summed E-state index contributed by atoms with van der Waals surface area (Å²) in [6.45, 7) is 0. The Labute approximate surface area is 165 Å². The van der Waals surface area contributed by atoms with Crippen LogP contribution in [0.5, 0.6) is 0 Å². The van der Waals surface area contributed by atoms with Crippen molar-refractivity contribution in [3.8, 4) is 11.1 Å². The summed E-state index contributed by atoms with van der Waals surface area (Å²) in [7, 11) is 0. The number of benzene rings is 3. The molecule has 0 radical (unpaired) electrons. The van der Waals surface area contributed by atoms with Crippen LogP contribution in [0.25, 0.3) is 11.1 Å². The van der Waals surface area contributed by atoms with E-state index >= 15 is 0 Å². The zero-order chi connectivity index (χ0) is 20.1. The third-order valence-corrected chi connectivity index (χ3v) is 4.27. The molecule has 0 saturated heterocycles. The number of nitrogens with one attached hydrogen (secondary N) is 2. The van der Waals surface area contributed by atoms with Crippen molar-refractivity contribution >= 4 is 29.1 Å². The van der Waals surface area contributed by atoms with Crippen LogP contribution in [-0.2, 0) is 0 Å². The average molecular weight is 396 g/mol. The standard InChI is InChI=1S/C20H14ClN3O4/c21-17-11-10-16(12-18(17)24(27)28)20(26)23-22-19(25)15-8-6-14(7-9-15)13-4-2-1-3-5-13/h1-12H,(H,22,25)(H,23,26). The van der Waals surface area contributed by atoms with Gasteiger partial charge in [-0.15, -0.1) is 0 Å². The monoisotopic (exact) mass is 395 g/mol. The van der Waals surface area contributed by atoms with Crippen molar-refractivity contribution in [1.82, 2.24) is 10.9 Å². The Bertz CT molecular complexity index is 1040. The number of hydrogen-bond acceptors (Lipinski definition) is 4. The number of rotatable bonds is 4. The topological polar surface area (TPSA) is 101 Å². The zero-order valence-electron chi connectivity index (χ0n) is 14.4. The minimum absolute atomic E-state index is 0.00387. The van der Waals surface area contributed by atoms with E-state index in [2.05, 4.69) is 10.9 Å². The molecule has 3 rings (SSSR count). The normalized spacial score (nSPS) is 10.2. The van der Waals surface area contributed by atoms with Crippen molar-refractivity contribution in [1.29, 1.82) is 0 Å². The second kappa shape index (κ2) is 8.32. The lowest BCUT2D eigenvalue weighted by molar-refractivity contribution is -0.384. The largest absolute Gasteiger partial charge is 0.288 e. The average Bonchev–Trinajstić information content (AvgIpc) is 2.72. The van der Waals surface area contributed by atoms with E-state index in [1.54, 1.807) is 24.3 Å². The lowest BCUT2D eigenvalue weighted by Gasteiger charge is -2.08. The molecule has 140 valence electrons. The van der Waals surface area contributed by atoms with Gasteiger partial charge in [-0.2, -0.15) is 0 Å². The van der Waals surface area contributed by atoms with Gasteiger partial charge in [0.25, 0.3) is 17.5 Å². The van der Waals surface area contributed by atoms with Crippen LogP contribution in [0.3, 0.4) is 0 Å². The van der Waals surface area contributed by atoms with Crippen LogP contribution in [0.2, 0.25) is 5.02 Å². The lowest BCUT2D eigenvalue weighted by Crippen LogP contribution is -2.41. The number of nitrogens with zero attached hydrogens (tertiary/aromatic N) is 1. The van der Waals surface area contributed by atoms with Gasteiger partial charge in [-0.3, -0.25) is 30.6 Å². The molecule has 0 aromatic heterocycles. The van der Waals surface area contributed by atoms with Gasteiger partial charge in [0.05, 0.1) is 4.92 Å². The van der Waals surface area contributed by atoms with Gasteiger partial charge in [0.2, 0.25) is 0 Å². The first-order valence-electron chi connectivity index (χ1n) is 8.16. The first kappa shape index (κ1) is 19.1. The van der Waals surface area contributed by atoms with Gasteiger partial charge in [0, 0.05) is 17.2 Å². The van der Waals surface area contributed by atoms with Gasteiger partial charge in [0.1, 0.15) is 5.02 Å². The molecule has 0 aliphatic rings. The predicted octanol–water partition coefficient (Wildman–Crippen LogP) is 3.99. The van der Waals surface area contributed by atoms with Crippen LogP contribution in [0.4, 0.5) is 5.69 Å². The number of carbonyl (C=O) groups is 2. The molecule has 3 aromatic carbocycles. The van der Waals surface area contributed by atoms with Crippen LogP contribution >= 0.6 is 11.6 Å². The summed E-state index contributed by atoms with van der Waals surface area (Å²) in [6.07, 6.45) is 0. The molecule has 0 aliphatic heterocycles. The maximum absolute atomic E-state index is 12.2. The minimum Gasteiger partial charge on any atom is -0.267 e. The Balaban J connectivity index is 1.65. The van der Waals surface area contributed by atoms with Crippen LogP contribution in [0.1, 0.15) is 20.7 Å². The highest BCUT2D eigenvalue weighted by Gasteiger charge is 2.17. The highest BCUT2D eigenvalue weighted by atomic mass is 35.5. The number of nitro benzene ring substituents is 1. The van der Waals surface area contributed by atoms with Gasteiger partial charge in [-0.1, -0.05) is 54.1 Å². The van der Waals surface area contributed by atoms with Crippen molar-refractivity contribution in [2.75, 3.05) is 0 Å². The third-order valence-electron chi connectivity index (χ3n) is 3.95. The van der Waals surface area contributed by atoms with Crippen molar-refractivity contribution < 1.29 is 14.5 Å². The van der Waals surface area contributed by atoms with Crippen LogP contribution in [0, 0.1) is 10.1 Å². The van der Waals surface area contributed by atoms with Crippen LogP contribution in [-0.4, -0.2) is 16.7 Å². The van der Waals surface area contributed by atoms with E-state index in [1.807, 2.05) is 30.3 Å². The Kier molecular flexibility index (Phi) is 5.67. The van der Waals surface area contributed by atoms with Crippen molar-refractivity contribution in [2.24, 2.45) is 0 Å². The second-order valence-electron chi connectivity index (χ2n) is 5.77. The molecule has 0 bridgehead atoms. The molecule has 0 spiro atoms. The molecule has 28 heavy (non-hydrogen) atoms. The number of hydrogen-bond donors (Lipinski definition) is 2. The van der Waals surface area contributed by atoms with Crippen molar-refractivity contribution in [2.45, 2.75) is 0 Å². The fourth-order valence-corrected chi connectivity index (χ4v) is 2.68. The second-order valence-corrected chi connectivity index (χ2v) is 6.18.